The zero-order valence-corrected chi connectivity index (χ0v) is 13.1. The predicted octanol–water partition coefficient (Wildman–Crippen LogP) is 5.80. The number of hydrogen-bond acceptors (Lipinski definition) is 1. The van der Waals surface area contributed by atoms with E-state index in [4.69, 9.17) is 34.8 Å². The second kappa shape index (κ2) is 6.57. The zero-order chi connectivity index (χ0) is 13.1. The van der Waals surface area contributed by atoms with Crippen molar-refractivity contribution in [2.75, 3.05) is 0 Å². The first-order chi connectivity index (χ1) is 8.58. The van der Waals surface area contributed by atoms with Crippen molar-refractivity contribution in [1.29, 1.82) is 0 Å². The molecule has 1 aliphatic rings. The number of benzene rings is 1. The van der Waals surface area contributed by atoms with Gasteiger partial charge in [0.05, 0.1) is 15.6 Å². The van der Waals surface area contributed by atoms with Crippen LogP contribution in [0.4, 0.5) is 0 Å². The normalized spacial score (nSPS) is 17.5. The molecular weight excluding hydrogens is 309 g/mol. The van der Waals surface area contributed by atoms with Crippen molar-refractivity contribution in [3.63, 3.8) is 0 Å². The maximum atomic E-state index is 12.3. The Balaban J connectivity index is 2.13. The monoisotopic (exact) mass is 322 g/mol. The smallest absolute Gasteiger partial charge is 0.184 e. The summed E-state index contributed by atoms with van der Waals surface area (Å²) in [5.74, 6) is 0. The van der Waals surface area contributed by atoms with Crippen LogP contribution in [0.3, 0.4) is 0 Å². The van der Waals surface area contributed by atoms with Gasteiger partial charge < -0.3 is 0 Å². The summed E-state index contributed by atoms with van der Waals surface area (Å²) in [5.41, 5.74) is 1.01. The van der Waals surface area contributed by atoms with E-state index in [0.717, 1.165) is 12.8 Å². The van der Waals surface area contributed by atoms with Crippen molar-refractivity contribution in [1.82, 2.24) is 0 Å². The second-order valence-electron chi connectivity index (χ2n) is 4.55. The largest absolute Gasteiger partial charge is 0.289 e. The molecule has 1 atom stereocenters. The minimum absolute atomic E-state index is 0.0635. The van der Waals surface area contributed by atoms with E-state index >= 15 is 0 Å². The Morgan fingerprint density at radius 2 is 1.61 bits per heavy atom. The molecule has 1 aromatic carbocycles. The molecule has 0 aromatic heterocycles. The molecular formula is C13H14Cl3OP. The van der Waals surface area contributed by atoms with E-state index in [0.29, 0.717) is 26.3 Å². The Hall–Kier alpha value is 0.190. The van der Waals surface area contributed by atoms with E-state index in [1.54, 1.807) is 12.1 Å². The molecule has 1 fully saturated rings. The van der Waals surface area contributed by atoms with Crippen LogP contribution >= 0.6 is 43.4 Å². The lowest BCUT2D eigenvalue weighted by Crippen LogP contribution is -2.09. The quantitative estimate of drug-likeness (QED) is 0.643. The zero-order valence-electron chi connectivity index (χ0n) is 9.81. The van der Waals surface area contributed by atoms with Crippen LogP contribution < -0.4 is 0 Å². The maximum Gasteiger partial charge on any atom is 0.184 e. The average molecular weight is 324 g/mol. The van der Waals surface area contributed by atoms with Crippen molar-refractivity contribution in [3.8, 4) is 0 Å². The van der Waals surface area contributed by atoms with Gasteiger partial charge in [0.25, 0.3) is 0 Å². The number of carbonyl (C=O) groups is 1. The van der Waals surface area contributed by atoms with Gasteiger partial charge in [0.15, 0.2) is 5.52 Å². The van der Waals surface area contributed by atoms with E-state index in [-0.39, 0.29) is 14.1 Å². The topological polar surface area (TPSA) is 17.1 Å². The molecule has 98 valence electrons. The van der Waals surface area contributed by atoms with Crippen LogP contribution in [0.5, 0.6) is 0 Å². The first kappa shape index (κ1) is 14.6. The Bertz CT molecular complexity index is 433. The fraction of sp³-hybridized carbons (Fsp3) is 0.462. The summed E-state index contributed by atoms with van der Waals surface area (Å²) in [5, 5.41) is 1.18. The lowest BCUT2D eigenvalue weighted by Gasteiger charge is -2.21. The van der Waals surface area contributed by atoms with Gasteiger partial charge in [0.2, 0.25) is 0 Å². The Morgan fingerprint density at radius 1 is 1.06 bits per heavy atom. The van der Waals surface area contributed by atoms with Gasteiger partial charge in [-0.1, -0.05) is 54.1 Å². The van der Waals surface area contributed by atoms with Gasteiger partial charge >= 0.3 is 0 Å². The number of hydrogen-bond donors (Lipinski definition) is 0. The van der Waals surface area contributed by atoms with Gasteiger partial charge in [-0.05, 0) is 39.2 Å². The van der Waals surface area contributed by atoms with Crippen molar-refractivity contribution in [2.45, 2.75) is 37.8 Å². The summed E-state index contributed by atoms with van der Waals surface area (Å²) < 4.78 is 0. The average Bonchev–Trinajstić information content (AvgIpc) is 2.28. The SMILES string of the molecule is O=C(PC1CCCCC1)c1c(Cl)cc(Cl)cc1Cl. The molecule has 5 heteroatoms. The van der Waals surface area contributed by atoms with Gasteiger partial charge in [0.1, 0.15) is 0 Å². The van der Waals surface area contributed by atoms with Crippen molar-refractivity contribution in [3.05, 3.63) is 32.8 Å². The molecule has 1 unspecified atom stereocenters. The highest BCUT2D eigenvalue weighted by Gasteiger charge is 2.21. The van der Waals surface area contributed by atoms with Crippen LogP contribution in [0.1, 0.15) is 42.5 Å². The van der Waals surface area contributed by atoms with Crippen LogP contribution in [0.2, 0.25) is 15.1 Å². The minimum Gasteiger partial charge on any atom is -0.289 e. The first-order valence-electron chi connectivity index (χ1n) is 6.03. The summed E-state index contributed by atoms with van der Waals surface area (Å²) in [6.45, 7) is 0. The Morgan fingerprint density at radius 3 is 2.17 bits per heavy atom. The fourth-order valence-corrected chi connectivity index (χ4v) is 4.89. The summed E-state index contributed by atoms with van der Waals surface area (Å²) in [6.07, 6.45) is 6.04. The molecule has 0 radical (unpaired) electrons. The molecule has 1 saturated carbocycles. The lowest BCUT2D eigenvalue weighted by molar-refractivity contribution is 0.108. The molecule has 0 amide bonds. The molecule has 0 aliphatic heterocycles. The summed E-state index contributed by atoms with van der Waals surface area (Å²) >= 11 is 18.0. The van der Waals surface area contributed by atoms with Crippen molar-refractivity contribution >= 4 is 48.9 Å². The Labute approximate surface area is 124 Å². The standard InChI is InChI=1S/C13H14Cl3OP/c14-8-6-10(15)12(11(16)7-8)13(17)18-9-4-2-1-3-5-9/h6-7,9,18H,1-5H2. The highest BCUT2D eigenvalue weighted by Crippen LogP contribution is 2.39. The minimum atomic E-state index is 0.0635. The van der Waals surface area contributed by atoms with E-state index in [1.807, 2.05) is 0 Å². The molecule has 1 nitrogen and oxygen atoms in total. The van der Waals surface area contributed by atoms with E-state index in [1.165, 1.54) is 19.3 Å². The molecule has 1 aliphatic carbocycles. The summed E-state index contributed by atoms with van der Waals surface area (Å²) in [4.78, 5) is 12.3. The second-order valence-corrected chi connectivity index (χ2v) is 7.36. The molecule has 2 rings (SSSR count). The van der Waals surface area contributed by atoms with E-state index in [9.17, 15) is 4.79 Å². The predicted molar refractivity (Wildman–Crippen MR) is 81.0 cm³/mol. The highest BCUT2D eigenvalue weighted by molar-refractivity contribution is 7.59. The van der Waals surface area contributed by atoms with Crippen LogP contribution in [0.15, 0.2) is 12.1 Å². The summed E-state index contributed by atoms with van der Waals surface area (Å²) in [6, 6.07) is 3.15. The lowest BCUT2D eigenvalue weighted by atomic mass is 10.0. The van der Waals surface area contributed by atoms with Gasteiger partial charge in [-0.2, -0.15) is 0 Å². The van der Waals surface area contributed by atoms with Gasteiger partial charge in [-0.3, -0.25) is 4.79 Å². The number of halogens is 3. The Kier molecular flexibility index (Phi) is 5.33. The van der Waals surface area contributed by atoms with Gasteiger partial charge in [-0.15, -0.1) is 0 Å². The first-order valence-corrected chi connectivity index (χ1v) is 8.24. The molecule has 0 heterocycles. The fourth-order valence-electron chi connectivity index (χ4n) is 2.26. The molecule has 0 N–H and O–H groups in total. The molecule has 18 heavy (non-hydrogen) atoms. The van der Waals surface area contributed by atoms with Crippen molar-refractivity contribution in [2.24, 2.45) is 0 Å². The van der Waals surface area contributed by atoms with Crippen LogP contribution in [-0.2, 0) is 0 Å². The molecule has 1 aromatic rings. The molecule has 0 saturated heterocycles. The third-order valence-corrected chi connectivity index (χ3v) is 5.49. The van der Waals surface area contributed by atoms with Crippen molar-refractivity contribution < 1.29 is 4.79 Å². The number of rotatable bonds is 3. The molecule has 0 bridgehead atoms. The summed E-state index contributed by atoms with van der Waals surface area (Å²) in [7, 11) is 0.271. The highest BCUT2D eigenvalue weighted by atomic mass is 35.5. The van der Waals surface area contributed by atoms with Gasteiger partial charge in [-0.25, -0.2) is 0 Å². The van der Waals surface area contributed by atoms with Gasteiger partial charge in [0, 0.05) is 5.02 Å². The molecule has 0 spiro atoms. The third-order valence-electron chi connectivity index (χ3n) is 3.17. The van der Waals surface area contributed by atoms with E-state index < -0.39 is 0 Å². The van der Waals surface area contributed by atoms with E-state index in [2.05, 4.69) is 0 Å². The van der Waals surface area contributed by atoms with Crippen LogP contribution in [-0.4, -0.2) is 11.2 Å². The number of carbonyl (C=O) groups excluding carboxylic acids is 1. The third kappa shape index (κ3) is 3.61. The van der Waals surface area contributed by atoms with Crippen LogP contribution in [0.25, 0.3) is 0 Å². The maximum absolute atomic E-state index is 12.3. The van der Waals surface area contributed by atoms with Crippen LogP contribution in [0, 0.1) is 0 Å².